The Hall–Kier alpha value is -2.07. The van der Waals surface area contributed by atoms with Crippen LogP contribution < -0.4 is 4.90 Å². The molecule has 3 rings (SSSR count). The second-order valence-electron chi connectivity index (χ2n) is 4.94. The van der Waals surface area contributed by atoms with Crippen molar-refractivity contribution >= 4 is 11.6 Å². The first-order chi connectivity index (χ1) is 10.1. The molecular weight excluding hydrogens is 316 g/mol. The van der Waals surface area contributed by atoms with Crippen molar-refractivity contribution in [3.63, 3.8) is 0 Å². The summed E-state index contributed by atoms with van der Waals surface area (Å²) >= 11 is 0. The molecule has 120 valence electrons. The third-order valence-electron chi connectivity index (χ3n) is 3.37. The van der Waals surface area contributed by atoms with Gasteiger partial charge in [0.25, 0.3) is 11.6 Å². The van der Waals surface area contributed by atoms with E-state index in [1.165, 1.54) is 13.0 Å². The fraction of sp³-hybridized carbons (Fsp3) is 0.545. The number of anilines is 1. The van der Waals surface area contributed by atoms with Crippen LogP contribution in [0.5, 0.6) is 0 Å². The van der Waals surface area contributed by atoms with E-state index >= 15 is 0 Å². The maximum absolute atomic E-state index is 12.8. The van der Waals surface area contributed by atoms with Crippen molar-refractivity contribution in [1.29, 1.82) is 0 Å². The highest BCUT2D eigenvalue weighted by molar-refractivity contribution is 5.50. The molecule has 0 unspecified atom stereocenters. The average molecular weight is 325 g/mol. The van der Waals surface area contributed by atoms with E-state index in [-0.39, 0.29) is 30.3 Å². The van der Waals surface area contributed by atoms with Crippen LogP contribution in [0.25, 0.3) is 5.78 Å². The molecule has 1 atom stereocenters. The van der Waals surface area contributed by atoms with Gasteiger partial charge in [0, 0.05) is 18.3 Å². The molecule has 0 bridgehead atoms. The Balaban J connectivity index is 2.11. The Labute approximate surface area is 119 Å². The van der Waals surface area contributed by atoms with Crippen LogP contribution in [0.2, 0.25) is 0 Å². The van der Waals surface area contributed by atoms with Crippen LogP contribution in [0.15, 0.2) is 6.07 Å². The van der Waals surface area contributed by atoms with E-state index in [9.17, 15) is 26.3 Å². The molecule has 1 aliphatic heterocycles. The second kappa shape index (κ2) is 4.46. The summed E-state index contributed by atoms with van der Waals surface area (Å²) in [6.45, 7) is 1.54. The monoisotopic (exact) mass is 325 g/mol. The van der Waals surface area contributed by atoms with Crippen LogP contribution in [0.1, 0.15) is 17.9 Å². The van der Waals surface area contributed by atoms with E-state index in [1.54, 1.807) is 0 Å². The molecule has 3 heterocycles. The molecule has 1 saturated heterocycles. The minimum atomic E-state index is -4.79. The van der Waals surface area contributed by atoms with Gasteiger partial charge < -0.3 is 4.90 Å². The Bertz CT molecular complexity index is 718. The van der Waals surface area contributed by atoms with Crippen LogP contribution in [-0.2, 0) is 6.18 Å². The molecule has 2 aromatic heterocycles. The molecule has 0 N–H and O–H groups in total. The van der Waals surface area contributed by atoms with Crippen LogP contribution in [-0.4, -0.2) is 38.3 Å². The first-order valence-electron chi connectivity index (χ1n) is 6.22. The Kier molecular flexibility index (Phi) is 3.01. The van der Waals surface area contributed by atoms with Crippen molar-refractivity contribution in [3.05, 3.63) is 17.6 Å². The molecule has 0 aliphatic carbocycles. The smallest absolute Gasteiger partial charge is 0.344 e. The van der Waals surface area contributed by atoms with Crippen molar-refractivity contribution in [1.82, 2.24) is 19.6 Å². The number of aryl methyl sites for hydroxylation is 1. The number of fused-ring (bicyclic) bond motifs is 1. The maximum Gasteiger partial charge on any atom is 0.453 e. The zero-order valence-electron chi connectivity index (χ0n) is 11.1. The number of halogens is 6. The lowest BCUT2D eigenvalue weighted by molar-refractivity contribution is -0.160. The molecule has 2 aromatic rings. The van der Waals surface area contributed by atoms with Gasteiger partial charge in [0.2, 0.25) is 0 Å². The van der Waals surface area contributed by atoms with E-state index in [0.29, 0.717) is 4.52 Å². The average Bonchev–Trinajstić information content (AvgIpc) is 2.67. The lowest BCUT2D eigenvalue weighted by atomic mass is 10.0. The normalized spacial score (nSPS) is 19.6. The number of hydrogen-bond donors (Lipinski definition) is 0. The van der Waals surface area contributed by atoms with Gasteiger partial charge in [0.1, 0.15) is 11.9 Å². The van der Waals surface area contributed by atoms with Gasteiger partial charge in [-0.25, -0.2) is 4.98 Å². The van der Waals surface area contributed by atoms with Crippen LogP contribution in [0.4, 0.5) is 32.2 Å². The lowest BCUT2D eigenvalue weighted by Crippen LogP contribution is -2.56. The molecule has 5 nitrogen and oxygen atoms in total. The Morgan fingerprint density at radius 3 is 2.32 bits per heavy atom. The van der Waals surface area contributed by atoms with Crippen molar-refractivity contribution in [2.75, 3.05) is 11.4 Å². The van der Waals surface area contributed by atoms with Gasteiger partial charge >= 0.3 is 12.4 Å². The molecule has 11 heteroatoms. The highest BCUT2D eigenvalue weighted by Gasteiger charge is 2.49. The minimum absolute atomic E-state index is 0.0734. The molecule has 1 fully saturated rings. The van der Waals surface area contributed by atoms with E-state index in [1.807, 2.05) is 0 Å². The Morgan fingerprint density at radius 2 is 1.82 bits per heavy atom. The van der Waals surface area contributed by atoms with E-state index < -0.39 is 24.2 Å². The number of aromatic nitrogens is 4. The predicted molar refractivity (Wildman–Crippen MR) is 62.3 cm³/mol. The highest BCUT2D eigenvalue weighted by atomic mass is 19.4. The SMILES string of the molecule is Cc1cc(N2CC[C@H]2C(F)(F)F)n2nc(C(F)(F)F)nc2n1. The van der Waals surface area contributed by atoms with Gasteiger partial charge in [0.05, 0.1) is 0 Å². The fourth-order valence-corrected chi connectivity index (χ4v) is 2.29. The van der Waals surface area contributed by atoms with Gasteiger partial charge in [-0.2, -0.15) is 35.8 Å². The summed E-state index contributed by atoms with van der Waals surface area (Å²) in [5.41, 5.74) is 0.261. The topological polar surface area (TPSA) is 46.3 Å². The zero-order valence-corrected chi connectivity index (χ0v) is 11.1. The van der Waals surface area contributed by atoms with Crippen LogP contribution >= 0.6 is 0 Å². The first kappa shape index (κ1) is 14.9. The predicted octanol–water partition coefficient (Wildman–Crippen LogP) is 2.59. The quantitative estimate of drug-likeness (QED) is 0.756. The summed E-state index contributed by atoms with van der Waals surface area (Å²) in [6.07, 6.45) is -9.38. The van der Waals surface area contributed by atoms with Crippen molar-refractivity contribution < 1.29 is 26.3 Å². The van der Waals surface area contributed by atoms with Crippen molar-refractivity contribution in [2.24, 2.45) is 0 Å². The third-order valence-corrected chi connectivity index (χ3v) is 3.37. The summed E-state index contributed by atoms with van der Waals surface area (Å²) in [5.74, 6) is -1.91. The van der Waals surface area contributed by atoms with Gasteiger partial charge in [0.15, 0.2) is 0 Å². The van der Waals surface area contributed by atoms with E-state index in [2.05, 4.69) is 15.1 Å². The molecular formula is C11H9F6N5. The molecule has 22 heavy (non-hydrogen) atoms. The molecule has 1 aliphatic rings. The summed E-state index contributed by atoms with van der Waals surface area (Å²) in [6, 6.07) is -0.476. The van der Waals surface area contributed by atoms with Gasteiger partial charge in [-0.3, -0.25) is 0 Å². The summed E-state index contributed by atoms with van der Waals surface area (Å²) < 4.78 is 77.2. The number of alkyl halides is 6. The summed E-state index contributed by atoms with van der Waals surface area (Å²) in [5, 5.41) is 3.25. The standard InChI is InChI=1S/C11H9F6N5/c1-5-4-7(21-3-2-6(21)10(12,13)14)22-9(18-5)19-8(20-22)11(15,16)17/h4,6H,2-3H2,1H3/t6-/m0/s1. The summed E-state index contributed by atoms with van der Waals surface area (Å²) in [7, 11) is 0. The molecule has 0 spiro atoms. The zero-order chi connectivity index (χ0) is 16.3. The Morgan fingerprint density at radius 1 is 1.14 bits per heavy atom. The second-order valence-corrected chi connectivity index (χ2v) is 4.94. The van der Waals surface area contributed by atoms with E-state index in [0.717, 1.165) is 4.90 Å². The highest BCUT2D eigenvalue weighted by Crippen LogP contribution is 2.37. The molecule has 0 aromatic carbocycles. The van der Waals surface area contributed by atoms with E-state index in [4.69, 9.17) is 0 Å². The number of nitrogens with zero attached hydrogens (tertiary/aromatic N) is 5. The molecule has 0 saturated carbocycles. The van der Waals surface area contributed by atoms with Crippen LogP contribution in [0.3, 0.4) is 0 Å². The third kappa shape index (κ3) is 2.33. The lowest BCUT2D eigenvalue weighted by Gasteiger charge is -2.43. The number of hydrogen-bond acceptors (Lipinski definition) is 4. The number of rotatable bonds is 1. The fourth-order valence-electron chi connectivity index (χ4n) is 2.29. The van der Waals surface area contributed by atoms with Gasteiger partial charge in [-0.05, 0) is 13.3 Å². The molecule has 0 radical (unpaired) electrons. The first-order valence-corrected chi connectivity index (χ1v) is 6.22. The van der Waals surface area contributed by atoms with Crippen molar-refractivity contribution in [3.8, 4) is 0 Å². The van der Waals surface area contributed by atoms with Crippen molar-refractivity contribution in [2.45, 2.75) is 31.7 Å². The maximum atomic E-state index is 12.8. The van der Waals surface area contributed by atoms with Crippen LogP contribution in [0, 0.1) is 6.92 Å². The van der Waals surface area contributed by atoms with Gasteiger partial charge in [-0.1, -0.05) is 0 Å². The minimum Gasteiger partial charge on any atom is -0.344 e. The molecule has 0 amide bonds. The largest absolute Gasteiger partial charge is 0.453 e. The summed E-state index contributed by atoms with van der Waals surface area (Å²) in [4.78, 5) is 7.98. The van der Waals surface area contributed by atoms with Gasteiger partial charge in [-0.15, -0.1) is 5.10 Å².